The molecule has 0 spiro atoms. The van der Waals surface area contributed by atoms with Gasteiger partial charge in [0.2, 0.25) is 11.9 Å². The number of aryl methyl sites for hydroxylation is 2. The van der Waals surface area contributed by atoms with Crippen LogP contribution in [0.4, 0.5) is 5.95 Å². The van der Waals surface area contributed by atoms with E-state index in [-0.39, 0.29) is 36.5 Å². The number of halogens is 2. The number of piperidine rings is 1. The number of thiophene rings is 1. The van der Waals surface area contributed by atoms with Gasteiger partial charge in [0.05, 0.1) is 93.8 Å². The third kappa shape index (κ3) is 13.2. The van der Waals surface area contributed by atoms with Crippen LogP contribution in [0, 0.1) is 42.9 Å². The number of aromatic nitrogens is 5. The van der Waals surface area contributed by atoms with E-state index in [2.05, 4.69) is 83.3 Å². The molecule has 0 unspecified atom stereocenters. The highest BCUT2D eigenvalue weighted by Crippen LogP contribution is 2.55. The number of anilines is 1. The number of nitrogens with zero attached hydrogens (tertiary/aromatic N) is 8. The zero-order chi connectivity index (χ0) is 53.3. The van der Waals surface area contributed by atoms with Gasteiger partial charge in [0, 0.05) is 76.0 Å². The predicted molar refractivity (Wildman–Crippen MR) is 287 cm³/mol. The standard InChI is InChI=1S/C54H66Cl2N10O8S/c1-33-34(2)75-49-45(33)46(36-8-11-39(55)12-9-36)61-43(47-64-63-35(3)66(47)49)29-44(67)58-16-19-69-20-21-70-22-23-71-24-25-72-26-27-73-40-14-17-65(18-15-40)52-59-31-38(32-60-52)48(68)62-50-53(4,5)51(54(50,6)7)74-41-13-10-37(30-57)42(56)28-41/h8-13,28,31-32,40,43,50-51H,14-27,29H2,1-7H3,(H,58,67)(H,62,68)/t43-,50?,51?/m0/s1. The van der Waals surface area contributed by atoms with E-state index in [9.17, 15) is 14.9 Å². The zero-order valence-electron chi connectivity index (χ0n) is 43.6. The maximum absolute atomic E-state index is 13.4. The topological polar surface area (TPSA) is 209 Å². The SMILES string of the molecule is Cc1sc2c(c1C)C(c1ccc(Cl)cc1)=N[C@@H](CC(=O)NCCOCCOCCOCCOCCOC1CCN(c3ncc(C(=O)NC4C(C)(C)C(Oc5ccc(C#N)c(Cl)c5)C4(C)C)cn3)CC1)c1nnc(C)n1-2. The molecular weight excluding hydrogens is 1020 g/mol. The van der Waals surface area contributed by atoms with Gasteiger partial charge >= 0.3 is 0 Å². The van der Waals surface area contributed by atoms with Crippen molar-refractivity contribution in [1.29, 1.82) is 5.26 Å². The molecule has 2 amide bonds. The Morgan fingerprint density at radius 2 is 1.47 bits per heavy atom. The second-order valence-corrected chi connectivity index (χ2v) is 22.1. The molecule has 1 aliphatic carbocycles. The molecule has 5 heterocycles. The Labute approximate surface area is 452 Å². The fourth-order valence-corrected chi connectivity index (χ4v) is 11.9. The van der Waals surface area contributed by atoms with Crippen LogP contribution in [0.5, 0.6) is 5.75 Å². The summed E-state index contributed by atoms with van der Waals surface area (Å²) in [5.74, 6) is 2.13. The first-order valence-corrected chi connectivity index (χ1v) is 26.9. The van der Waals surface area contributed by atoms with Gasteiger partial charge in [0.1, 0.15) is 34.8 Å². The van der Waals surface area contributed by atoms with Gasteiger partial charge in [-0.3, -0.25) is 19.1 Å². The summed E-state index contributed by atoms with van der Waals surface area (Å²) in [6.45, 7) is 20.0. The van der Waals surface area contributed by atoms with Crippen molar-refractivity contribution in [2.45, 2.75) is 92.0 Å². The highest BCUT2D eigenvalue weighted by molar-refractivity contribution is 7.15. The summed E-state index contributed by atoms with van der Waals surface area (Å²) in [5, 5.41) is 26.2. The summed E-state index contributed by atoms with van der Waals surface area (Å²) >= 11 is 14.2. The molecule has 1 atom stereocenters. The molecule has 21 heteroatoms. The lowest BCUT2D eigenvalue weighted by molar-refractivity contribution is -0.164. The molecule has 75 heavy (non-hydrogen) atoms. The summed E-state index contributed by atoms with van der Waals surface area (Å²) in [4.78, 5) is 44.2. The number of hydrogen-bond acceptors (Lipinski definition) is 16. The molecule has 2 fully saturated rings. The van der Waals surface area contributed by atoms with Gasteiger partial charge in [0.25, 0.3) is 5.91 Å². The van der Waals surface area contributed by atoms with Gasteiger partial charge in [-0.05, 0) is 63.4 Å². The monoisotopic (exact) mass is 1080 g/mol. The molecule has 8 rings (SSSR count). The van der Waals surface area contributed by atoms with Crippen molar-refractivity contribution >= 4 is 58.0 Å². The first-order chi connectivity index (χ1) is 36.1. The lowest BCUT2D eigenvalue weighted by Crippen LogP contribution is -2.74. The zero-order valence-corrected chi connectivity index (χ0v) is 45.9. The number of ether oxygens (including phenoxy) is 6. The van der Waals surface area contributed by atoms with E-state index in [1.807, 2.05) is 35.8 Å². The van der Waals surface area contributed by atoms with Gasteiger partial charge in [0.15, 0.2) is 5.82 Å². The van der Waals surface area contributed by atoms with E-state index in [1.54, 1.807) is 41.9 Å². The molecule has 0 radical (unpaired) electrons. The van der Waals surface area contributed by atoms with E-state index in [0.717, 1.165) is 59.2 Å². The minimum Gasteiger partial charge on any atom is -0.489 e. The Morgan fingerprint density at radius 3 is 2.09 bits per heavy atom. The average Bonchev–Trinajstić information content (AvgIpc) is 3.89. The van der Waals surface area contributed by atoms with Crippen molar-refractivity contribution in [3.05, 3.63) is 109 Å². The summed E-state index contributed by atoms with van der Waals surface area (Å²) in [6, 6.07) is 14.0. The van der Waals surface area contributed by atoms with Crippen LogP contribution in [0.1, 0.15) is 102 Å². The third-order valence-corrected chi connectivity index (χ3v) is 15.8. The van der Waals surface area contributed by atoms with E-state index in [0.29, 0.717) is 105 Å². The van der Waals surface area contributed by atoms with E-state index in [4.69, 9.17) is 56.6 Å². The predicted octanol–water partition coefficient (Wildman–Crippen LogP) is 7.98. The fourth-order valence-electron chi connectivity index (χ4n) is 10.3. The lowest BCUT2D eigenvalue weighted by atomic mass is 9.49. The van der Waals surface area contributed by atoms with Gasteiger partial charge in [-0.15, -0.1) is 21.5 Å². The number of amides is 2. The number of aliphatic imine (C=N–C) groups is 1. The fraction of sp³-hybridized carbons (Fsp3) is 0.519. The van der Waals surface area contributed by atoms with Crippen LogP contribution in [-0.2, 0) is 28.5 Å². The average molecular weight is 1090 g/mol. The molecule has 3 aromatic heterocycles. The van der Waals surface area contributed by atoms with Crippen LogP contribution in [0.3, 0.4) is 0 Å². The molecule has 2 aliphatic heterocycles. The number of nitriles is 1. The number of benzene rings is 2. The highest BCUT2D eigenvalue weighted by atomic mass is 35.5. The van der Waals surface area contributed by atoms with Crippen molar-refractivity contribution < 1.29 is 38.0 Å². The molecule has 400 valence electrons. The van der Waals surface area contributed by atoms with Gasteiger partial charge in [-0.2, -0.15) is 5.26 Å². The van der Waals surface area contributed by atoms with Gasteiger partial charge in [-0.1, -0.05) is 63.0 Å². The first kappa shape index (κ1) is 55.7. The summed E-state index contributed by atoms with van der Waals surface area (Å²) < 4.78 is 37.2. The van der Waals surface area contributed by atoms with Crippen molar-refractivity contribution in [2.24, 2.45) is 15.8 Å². The first-order valence-electron chi connectivity index (χ1n) is 25.4. The van der Waals surface area contributed by atoms with Gasteiger partial charge < -0.3 is 44.0 Å². The van der Waals surface area contributed by atoms with E-state index < -0.39 is 16.9 Å². The summed E-state index contributed by atoms with van der Waals surface area (Å²) in [6.07, 6.45) is 4.81. The summed E-state index contributed by atoms with van der Waals surface area (Å²) in [7, 11) is 0. The number of hydrogen-bond donors (Lipinski definition) is 2. The van der Waals surface area contributed by atoms with Crippen molar-refractivity contribution in [3.8, 4) is 16.8 Å². The van der Waals surface area contributed by atoms with Gasteiger partial charge in [-0.25, -0.2) is 9.97 Å². The number of nitrogens with one attached hydrogen (secondary N) is 2. The third-order valence-electron chi connectivity index (χ3n) is 14.1. The smallest absolute Gasteiger partial charge is 0.254 e. The second kappa shape index (κ2) is 25.1. The number of carbonyl (C=O) groups is 2. The second-order valence-electron chi connectivity index (χ2n) is 20.0. The molecule has 5 aromatic rings. The largest absolute Gasteiger partial charge is 0.489 e. The lowest BCUT2D eigenvalue weighted by Gasteiger charge is -2.63. The highest BCUT2D eigenvalue weighted by Gasteiger charge is 2.64. The van der Waals surface area contributed by atoms with Crippen molar-refractivity contribution in [3.63, 3.8) is 0 Å². The van der Waals surface area contributed by atoms with Crippen molar-refractivity contribution in [1.82, 2.24) is 35.4 Å². The molecule has 18 nitrogen and oxygen atoms in total. The molecule has 1 saturated carbocycles. The quantitative estimate of drug-likeness (QED) is 0.0562. The Hall–Kier alpha value is -5.56. The maximum Gasteiger partial charge on any atom is 0.254 e. The van der Waals surface area contributed by atoms with E-state index >= 15 is 0 Å². The number of rotatable bonds is 24. The van der Waals surface area contributed by atoms with Crippen LogP contribution >= 0.6 is 34.5 Å². The van der Waals surface area contributed by atoms with Crippen LogP contribution in [-0.4, -0.2) is 140 Å². The summed E-state index contributed by atoms with van der Waals surface area (Å²) in [5.41, 5.74) is 3.87. The Kier molecular flexibility index (Phi) is 18.6. The number of carbonyl (C=O) groups excluding carboxylic acids is 2. The molecule has 2 N–H and O–H groups in total. The molecular formula is C54H66Cl2N10O8S. The Morgan fingerprint density at radius 1 is 0.840 bits per heavy atom. The van der Waals surface area contributed by atoms with Crippen LogP contribution < -0.4 is 20.3 Å². The molecule has 2 aromatic carbocycles. The molecule has 1 saturated heterocycles. The van der Waals surface area contributed by atoms with Crippen LogP contribution in [0.15, 0.2) is 59.9 Å². The van der Waals surface area contributed by atoms with E-state index in [1.165, 1.54) is 4.88 Å². The van der Waals surface area contributed by atoms with Crippen LogP contribution in [0.25, 0.3) is 5.00 Å². The van der Waals surface area contributed by atoms with Crippen molar-refractivity contribution in [2.75, 3.05) is 84.0 Å². The Bertz CT molecular complexity index is 2830. The minimum atomic E-state index is -0.545. The minimum absolute atomic E-state index is 0.102. The normalized spacial score (nSPS) is 18.7. The Balaban J connectivity index is 0.634. The molecule has 3 aliphatic rings. The maximum atomic E-state index is 13.4. The molecule has 0 bridgehead atoms. The van der Waals surface area contributed by atoms with Crippen LogP contribution in [0.2, 0.25) is 10.0 Å². The number of fused-ring (bicyclic) bond motifs is 3.